The first kappa shape index (κ1) is 23.4. The first-order valence-corrected chi connectivity index (χ1v) is 12.9. The fourth-order valence-corrected chi connectivity index (χ4v) is 5.99. The molecule has 1 aromatic heterocycles. The first-order chi connectivity index (χ1) is 15.3. The highest BCUT2D eigenvalue weighted by molar-refractivity contribution is 5.62. The third-order valence-corrected chi connectivity index (χ3v) is 8.30. The Balaban J connectivity index is 1.50. The van der Waals surface area contributed by atoms with Gasteiger partial charge in [-0.15, -0.1) is 0 Å². The lowest BCUT2D eigenvalue weighted by Gasteiger charge is -2.42. The Labute approximate surface area is 195 Å². The lowest BCUT2D eigenvalue weighted by atomic mass is 9.63. The summed E-state index contributed by atoms with van der Waals surface area (Å²) < 4.78 is 0. The molecule has 1 N–H and O–H groups in total. The molecule has 32 heavy (non-hydrogen) atoms. The highest BCUT2D eigenvalue weighted by atomic mass is 16.2. The predicted octanol–water partition coefficient (Wildman–Crippen LogP) is 7.00. The molecular formula is C29H42N2O. The Morgan fingerprint density at radius 3 is 2.41 bits per heavy atom. The summed E-state index contributed by atoms with van der Waals surface area (Å²) in [4.78, 5) is 9.68. The van der Waals surface area contributed by atoms with Crippen LogP contribution in [0.1, 0.15) is 102 Å². The van der Waals surface area contributed by atoms with Crippen LogP contribution in [0.5, 0.6) is 0 Å². The topological polar surface area (TPSA) is 46.0 Å². The second-order valence-corrected chi connectivity index (χ2v) is 11.7. The number of nitrogens with zero attached hydrogens (tertiary/aromatic N) is 2. The number of aliphatic hydroxyl groups excluding tert-OH is 1. The average molecular weight is 435 g/mol. The van der Waals surface area contributed by atoms with Crippen LogP contribution in [0, 0.1) is 11.8 Å². The van der Waals surface area contributed by atoms with Crippen LogP contribution in [-0.2, 0) is 17.3 Å². The van der Waals surface area contributed by atoms with Gasteiger partial charge in [0.2, 0.25) is 0 Å². The van der Waals surface area contributed by atoms with Crippen molar-refractivity contribution in [1.29, 1.82) is 0 Å². The lowest BCUT2D eigenvalue weighted by Crippen LogP contribution is -2.33. The van der Waals surface area contributed by atoms with E-state index in [2.05, 4.69) is 56.9 Å². The fraction of sp³-hybridized carbons (Fsp3) is 0.655. The van der Waals surface area contributed by atoms with E-state index in [1.54, 1.807) is 0 Å². The monoisotopic (exact) mass is 434 g/mol. The van der Waals surface area contributed by atoms with E-state index in [1.165, 1.54) is 68.1 Å². The van der Waals surface area contributed by atoms with Crippen LogP contribution < -0.4 is 0 Å². The van der Waals surface area contributed by atoms with Crippen molar-refractivity contribution in [3.8, 4) is 11.3 Å². The molecule has 0 amide bonds. The van der Waals surface area contributed by atoms with E-state index in [1.807, 2.05) is 6.20 Å². The normalized spacial score (nSPS) is 24.5. The summed E-state index contributed by atoms with van der Waals surface area (Å²) in [6, 6.07) is 9.10. The molecule has 1 fully saturated rings. The Morgan fingerprint density at radius 2 is 1.62 bits per heavy atom. The zero-order valence-electron chi connectivity index (χ0n) is 20.7. The van der Waals surface area contributed by atoms with Crippen LogP contribution in [0.3, 0.4) is 0 Å². The van der Waals surface area contributed by atoms with Crippen molar-refractivity contribution in [3.63, 3.8) is 0 Å². The van der Waals surface area contributed by atoms with E-state index in [4.69, 9.17) is 10.1 Å². The maximum absolute atomic E-state index is 9.14. The van der Waals surface area contributed by atoms with Crippen LogP contribution in [0.25, 0.3) is 11.3 Å². The van der Waals surface area contributed by atoms with Crippen LogP contribution in [0.15, 0.2) is 30.5 Å². The van der Waals surface area contributed by atoms with Crippen molar-refractivity contribution < 1.29 is 5.11 Å². The van der Waals surface area contributed by atoms with Gasteiger partial charge in [-0.3, -0.25) is 0 Å². The minimum absolute atomic E-state index is 0.212. The number of aliphatic hydroxyl groups is 1. The predicted molar refractivity (Wildman–Crippen MR) is 133 cm³/mol. The van der Waals surface area contributed by atoms with Gasteiger partial charge >= 0.3 is 0 Å². The molecule has 0 aliphatic heterocycles. The number of hydrogen-bond acceptors (Lipinski definition) is 3. The molecule has 0 radical (unpaired) electrons. The molecule has 2 atom stereocenters. The SMILES string of the molecule is CC1(C)CCC(C)(C)c2cc(-c3ccnc(CC4CCCC(CCCO)CC4)n3)ccc21. The summed E-state index contributed by atoms with van der Waals surface area (Å²) in [5.41, 5.74) is 5.73. The van der Waals surface area contributed by atoms with Crippen LogP contribution >= 0.6 is 0 Å². The third-order valence-electron chi connectivity index (χ3n) is 8.30. The Kier molecular flexibility index (Phi) is 7.05. The number of benzene rings is 1. The van der Waals surface area contributed by atoms with Crippen LogP contribution in [0.4, 0.5) is 0 Å². The molecule has 174 valence electrons. The Morgan fingerprint density at radius 1 is 0.906 bits per heavy atom. The first-order valence-electron chi connectivity index (χ1n) is 12.9. The standard InChI is InChI=1S/C29H42N2O/c1-28(2)15-16-29(3,4)25-20-23(12-13-24(25)28)26-14-17-30-27(31-26)19-22-8-5-7-21(10-11-22)9-6-18-32/h12-14,17,20-22,32H,5-11,15-16,18-19H2,1-4H3. The molecule has 2 unspecified atom stereocenters. The van der Waals surface area contributed by atoms with E-state index >= 15 is 0 Å². The fourth-order valence-electron chi connectivity index (χ4n) is 5.99. The van der Waals surface area contributed by atoms with Gasteiger partial charge in [0.15, 0.2) is 0 Å². The highest BCUT2D eigenvalue weighted by Gasteiger charge is 2.37. The zero-order valence-corrected chi connectivity index (χ0v) is 20.7. The van der Waals surface area contributed by atoms with Crippen LogP contribution in [-0.4, -0.2) is 21.7 Å². The van der Waals surface area contributed by atoms with Crippen molar-refractivity contribution in [3.05, 3.63) is 47.4 Å². The average Bonchev–Trinajstić information content (AvgIpc) is 3.00. The highest BCUT2D eigenvalue weighted by Crippen LogP contribution is 2.46. The van der Waals surface area contributed by atoms with E-state index in [0.717, 1.165) is 30.3 Å². The maximum atomic E-state index is 9.14. The van der Waals surface area contributed by atoms with Gasteiger partial charge < -0.3 is 5.11 Å². The van der Waals surface area contributed by atoms with Gasteiger partial charge in [0.25, 0.3) is 0 Å². The maximum Gasteiger partial charge on any atom is 0.129 e. The molecule has 1 heterocycles. The molecule has 0 spiro atoms. The molecule has 2 aromatic rings. The summed E-state index contributed by atoms with van der Waals surface area (Å²) in [7, 11) is 0. The van der Waals surface area contributed by atoms with Gasteiger partial charge in [-0.1, -0.05) is 65.5 Å². The zero-order chi connectivity index (χ0) is 22.8. The smallest absolute Gasteiger partial charge is 0.129 e. The summed E-state index contributed by atoms with van der Waals surface area (Å²) in [5, 5.41) is 9.14. The summed E-state index contributed by atoms with van der Waals surface area (Å²) in [5.74, 6) is 2.48. The molecule has 1 aromatic carbocycles. The molecule has 2 aliphatic carbocycles. The summed E-state index contributed by atoms with van der Waals surface area (Å²) in [6.07, 6.45) is 14.0. The molecule has 3 nitrogen and oxygen atoms in total. The number of aromatic nitrogens is 2. The largest absolute Gasteiger partial charge is 0.396 e. The molecule has 3 heteroatoms. The van der Waals surface area contributed by atoms with Crippen molar-refractivity contribution in [2.45, 2.75) is 103 Å². The van der Waals surface area contributed by atoms with Gasteiger partial charge in [0.05, 0.1) is 5.69 Å². The molecule has 1 saturated carbocycles. The van der Waals surface area contributed by atoms with E-state index in [-0.39, 0.29) is 10.8 Å². The van der Waals surface area contributed by atoms with Gasteiger partial charge in [-0.25, -0.2) is 9.97 Å². The van der Waals surface area contributed by atoms with E-state index < -0.39 is 0 Å². The molecule has 0 saturated heterocycles. The van der Waals surface area contributed by atoms with Crippen molar-refractivity contribution in [2.24, 2.45) is 11.8 Å². The number of fused-ring (bicyclic) bond motifs is 1. The Bertz CT molecular complexity index is 917. The Hall–Kier alpha value is -1.74. The molecule has 4 rings (SSSR count). The van der Waals surface area contributed by atoms with Gasteiger partial charge in [0, 0.05) is 24.8 Å². The van der Waals surface area contributed by atoms with Gasteiger partial charge in [0.1, 0.15) is 5.82 Å². The molecular weight excluding hydrogens is 392 g/mol. The third kappa shape index (κ3) is 5.25. The minimum Gasteiger partial charge on any atom is -0.396 e. The van der Waals surface area contributed by atoms with Crippen molar-refractivity contribution >= 4 is 0 Å². The number of rotatable bonds is 6. The van der Waals surface area contributed by atoms with E-state index in [0.29, 0.717) is 12.5 Å². The van der Waals surface area contributed by atoms with Crippen LogP contribution in [0.2, 0.25) is 0 Å². The minimum atomic E-state index is 0.212. The lowest BCUT2D eigenvalue weighted by molar-refractivity contribution is 0.265. The second-order valence-electron chi connectivity index (χ2n) is 11.7. The van der Waals surface area contributed by atoms with Crippen molar-refractivity contribution in [2.75, 3.05) is 6.61 Å². The van der Waals surface area contributed by atoms with E-state index in [9.17, 15) is 0 Å². The second kappa shape index (κ2) is 9.63. The summed E-state index contributed by atoms with van der Waals surface area (Å²) in [6.45, 7) is 9.86. The quantitative estimate of drug-likeness (QED) is 0.498. The van der Waals surface area contributed by atoms with Gasteiger partial charge in [-0.05, 0) is 78.0 Å². The van der Waals surface area contributed by atoms with Crippen molar-refractivity contribution in [1.82, 2.24) is 9.97 Å². The van der Waals surface area contributed by atoms with Gasteiger partial charge in [-0.2, -0.15) is 0 Å². The molecule has 0 bridgehead atoms. The molecule has 2 aliphatic rings. The summed E-state index contributed by atoms with van der Waals surface area (Å²) >= 11 is 0. The number of hydrogen-bond donors (Lipinski definition) is 1.